The number of carbonyl (C=O) groups excluding carboxylic acids is 1. The Kier molecular flexibility index (Phi) is 4.89. The standard InChI is InChI=1S/C21H22N4O2/c1-2-27-19-8-5-15-11-22-20(10-16(15)9-19)21(26)25-18-6-3-14(4-7-18)17-12-23-24-13-17/h3-9,12-13,20,22H,2,10-11H2,1H3,(H,23,24)(H,25,26). The van der Waals surface area contributed by atoms with E-state index in [1.165, 1.54) is 5.56 Å². The van der Waals surface area contributed by atoms with Gasteiger partial charge in [0.2, 0.25) is 5.91 Å². The van der Waals surface area contributed by atoms with Gasteiger partial charge in [-0.25, -0.2) is 0 Å². The van der Waals surface area contributed by atoms with E-state index < -0.39 is 0 Å². The van der Waals surface area contributed by atoms with Gasteiger partial charge in [-0.3, -0.25) is 9.89 Å². The van der Waals surface area contributed by atoms with Crippen molar-refractivity contribution in [2.75, 3.05) is 11.9 Å². The molecule has 4 rings (SSSR count). The van der Waals surface area contributed by atoms with Crippen LogP contribution in [-0.4, -0.2) is 28.8 Å². The Bertz CT molecular complexity index is 920. The molecule has 6 heteroatoms. The van der Waals surface area contributed by atoms with Crippen LogP contribution in [0.2, 0.25) is 0 Å². The summed E-state index contributed by atoms with van der Waals surface area (Å²) in [6.07, 6.45) is 4.26. The van der Waals surface area contributed by atoms with Crippen LogP contribution in [0.15, 0.2) is 54.9 Å². The van der Waals surface area contributed by atoms with Crippen LogP contribution >= 0.6 is 0 Å². The fraction of sp³-hybridized carbons (Fsp3) is 0.238. The number of anilines is 1. The molecule has 2 heterocycles. The first-order valence-corrected chi connectivity index (χ1v) is 9.11. The van der Waals surface area contributed by atoms with Crippen LogP contribution in [0.1, 0.15) is 18.1 Å². The Morgan fingerprint density at radius 2 is 2.04 bits per heavy atom. The van der Waals surface area contributed by atoms with Crippen LogP contribution in [0, 0.1) is 0 Å². The lowest BCUT2D eigenvalue weighted by Crippen LogP contribution is -2.44. The quantitative estimate of drug-likeness (QED) is 0.652. The summed E-state index contributed by atoms with van der Waals surface area (Å²) in [5.41, 5.74) is 5.23. The molecule has 0 bridgehead atoms. The first-order valence-electron chi connectivity index (χ1n) is 9.11. The molecule has 0 fully saturated rings. The fourth-order valence-corrected chi connectivity index (χ4v) is 3.32. The molecule has 1 aromatic heterocycles. The molecule has 138 valence electrons. The average Bonchev–Trinajstić information content (AvgIpc) is 3.23. The number of aromatic nitrogens is 2. The molecule has 0 radical (unpaired) electrons. The minimum Gasteiger partial charge on any atom is -0.494 e. The van der Waals surface area contributed by atoms with Crippen molar-refractivity contribution in [1.29, 1.82) is 0 Å². The fourth-order valence-electron chi connectivity index (χ4n) is 3.32. The number of rotatable bonds is 5. The molecule has 6 nitrogen and oxygen atoms in total. The summed E-state index contributed by atoms with van der Waals surface area (Å²) in [6, 6.07) is 13.6. The minimum absolute atomic E-state index is 0.0291. The third-order valence-electron chi connectivity index (χ3n) is 4.75. The van der Waals surface area contributed by atoms with Crippen LogP contribution < -0.4 is 15.4 Å². The van der Waals surface area contributed by atoms with E-state index in [0.29, 0.717) is 19.6 Å². The highest BCUT2D eigenvalue weighted by Crippen LogP contribution is 2.24. The van der Waals surface area contributed by atoms with Gasteiger partial charge in [-0.15, -0.1) is 0 Å². The lowest BCUT2D eigenvalue weighted by Gasteiger charge is -2.26. The van der Waals surface area contributed by atoms with Gasteiger partial charge in [0.15, 0.2) is 0 Å². The Balaban J connectivity index is 1.42. The van der Waals surface area contributed by atoms with Gasteiger partial charge in [0.25, 0.3) is 0 Å². The van der Waals surface area contributed by atoms with Crippen LogP contribution in [0.3, 0.4) is 0 Å². The SMILES string of the molecule is CCOc1ccc2c(c1)CC(C(=O)Nc1ccc(-c3cn[nH]c3)cc1)NC2. The second kappa shape index (κ2) is 7.63. The zero-order valence-electron chi connectivity index (χ0n) is 15.2. The highest BCUT2D eigenvalue weighted by Gasteiger charge is 2.24. The number of nitrogens with one attached hydrogen (secondary N) is 3. The van der Waals surface area contributed by atoms with Crippen molar-refractivity contribution in [1.82, 2.24) is 15.5 Å². The number of aromatic amines is 1. The lowest BCUT2D eigenvalue weighted by atomic mass is 9.95. The number of ether oxygens (including phenoxy) is 1. The molecule has 0 saturated heterocycles. The maximum Gasteiger partial charge on any atom is 0.241 e. The molecule has 27 heavy (non-hydrogen) atoms. The maximum absolute atomic E-state index is 12.7. The zero-order chi connectivity index (χ0) is 18.6. The molecule has 1 unspecified atom stereocenters. The number of hydrogen-bond donors (Lipinski definition) is 3. The first-order chi connectivity index (χ1) is 13.2. The van der Waals surface area contributed by atoms with Crippen molar-refractivity contribution < 1.29 is 9.53 Å². The molecular formula is C21H22N4O2. The molecule has 1 aliphatic rings. The first kappa shape index (κ1) is 17.3. The van der Waals surface area contributed by atoms with E-state index in [1.54, 1.807) is 6.20 Å². The second-order valence-electron chi connectivity index (χ2n) is 6.55. The summed E-state index contributed by atoms with van der Waals surface area (Å²) in [5, 5.41) is 13.1. The molecule has 0 spiro atoms. The predicted molar refractivity (Wildman–Crippen MR) is 105 cm³/mol. The van der Waals surface area contributed by atoms with Gasteiger partial charge in [-0.05, 0) is 54.3 Å². The molecule has 0 saturated carbocycles. The molecule has 1 aliphatic heterocycles. The number of H-pyrrole nitrogens is 1. The van der Waals surface area contributed by atoms with Crippen molar-refractivity contribution >= 4 is 11.6 Å². The summed E-state index contributed by atoms with van der Waals surface area (Å²) in [4.78, 5) is 12.7. The van der Waals surface area contributed by atoms with E-state index in [4.69, 9.17) is 4.74 Å². The Morgan fingerprint density at radius 1 is 1.19 bits per heavy atom. The Morgan fingerprint density at radius 3 is 2.78 bits per heavy atom. The van der Waals surface area contributed by atoms with Gasteiger partial charge >= 0.3 is 0 Å². The lowest BCUT2D eigenvalue weighted by molar-refractivity contribution is -0.118. The van der Waals surface area contributed by atoms with Crippen LogP contribution in [0.4, 0.5) is 5.69 Å². The van der Waals surface area contributed by atoms with E-state index in [-0.39, 0.29) is 11.9 Å². The highest BCUT2D eigenvalue weighted by atomic mass is 16.5. The van der Waals surface area contributed by atoms with Crippen molar-refractivity contribution in [2.24, 2.45) is 0 Å². The minimum atomic E-state index is -0.261. The van der Waals surface area contributed by atoms with Gasteiger partial charge < -0.3 is 15.4 Å². The summed E-state index contributed by atoms with van der Waals surface area (Å²) >= 11 is 0. The van der Waals surface area contributed by atoms with E-state index >= 15 is 0 Å². The largest absolute Gasteiger partial charge is 0.494 e. The molecule has 1 atom stereocenters. The summed E-state index contributed by atoms with van der Waals surface area (Å²) in [7, 11) is 0. The topological polar surface area (TPSA) is 79.0 Å². The Hall–Kier alpha value is -3.12. The molecule has 3 aromatic rings. The van der Waals surface area contributed by atoms with Gasteiger partial charge in [0.05, 0.1) is 18.8 Å². The van der Waals surface area contributed by atoms with Crippen molar-refractivity contribution in [2.45, 2.75) is 25.9 Å². The number of carbonyl (C=O) groups is 1. The summed E-state index contributed by atoms with van der Waals surface area (Å²) < 4.78 is 5.58. The van der Waals surface area contributed by atoms with E-state index in [0.717, 1.165) is 28.1 Å². The molecular weight excluding hydrogens is 340 g/mol. The molecule has 0 aliphatic carbocycles. The number of hydrogen-bond acceptors (Lipinski definition) is 4. The molecule has 1 amide bonds. The second-order valence-corrected chi connectivity index (χ2v) is 6.55. The molecule has 2 aromatic carbocycles. The molecule has 3 N–H and O–H groups in total. The zero-order valence-corrected chi connectivity index (χ0v) is 15.2. The number of nitrogens with zero attached hydrogens (tertiary/aromatic N) is 1. The normalized spacial score (nSPS) is 15.8. The number of benzene rings is 2. The van der Waals surface area contributed by atoms with E-state index in [2.05, 4.69) is 26.9 Å². The Labute approximate surface area is 158 Å². The van der Waals surface area contributed by atoms with Gasteiger partial charge in [-0.1, -0.05) is 18.2 Å². The highest BCUT2D eigenvalue weighted by molar-refractivity contribution is 5.95. The smallest absolute Gasteiger partial charge is 0.241 e. The number of amides is 1. The summed E-state index contributed by atoms with van der Waals surface area (Å²) in [6.45, 7) is 3.28. The third-order valence-corrected chi connectivity index (χ3v) is 4.75. The van der Waals surface area contributed by atoms with Gasteiger partial charge in [-0.2, -0.15) is 5.10 Å². The summed E-state index contributed by atoms with van der Waals surface area (Å²) in [5.74, 6) is 0.825. The predicted octanol–water partition coefficient (Wildman–Crippen LogP) is 3.13. The van der Waals surface area contributed by atoms with E-state index in [9.17, 15) is 4.79 Å². The maximum atomic E-state index is 12.7. The van der Waals surface area contributed by atoms with Crippen molar-refractivity contribution in [3.63, 3.8) is 0 Å². The van der Waals surface area contributed by atoms with Gasteiger partial charge in [0.1, 0.15) is 5.75 Å². The average molecular weight is 362 g/mol. The van der Waals surface area contributed by atoms with Crippen LogP contribution in [-0.2, 0) is 17.8 Å². The van der Waals surface area contributed by atoms with Gasteiger partial charge in [0, 0.05) is 24.0 Å². The van der Waals surface area contributed by atoms with Crippen molar-refractivity contribution in [3.05, 3.63) is 66.0 Å². The monoisotopic (exact) mass is 362 g/mol. The van der Waals surface area contributed by atoms with E-state index in [1.807, 2.05) is 49.5 Å². The number of fused-ring (bicyclic) bond motifs is 1. The van der Waals surface area contributed by atoms with Crippen LogP contribution in [0.5, 0.6) is 5.75 Å². The van der Waals surface area contributed by atoms with Crippen LogP contribution in [0.25, 0.3) is 11.1 Å². The van der Waals surface area contributed by atoms with Crippen molar-refractivity contribution in [3.8, 4) is 16.9 Å². The third kappa shape index (κ3) is 3.85.